The Morgan fingerprint density at radius 1 is 0.692 bits per heavy atom. The van der Waals surface area contributed by atoms with Crippen LogP contribution in [0.15, 0.2) is 42.5 Å². The van der Waals surface area contributed by atoms with Crippen LogP contribution in [0, 0.1) is 17.3 Å². The van der Waals surface area contributed by atoms with Crippen LogP contribution in [-0.2, 0) is 54.1 Å². The van der Waals surface area contributed by atoms with Crippen molar-refractivity contribution in [3.63, 3.8) is 0 Å². The number of ether oxygens (including phenoxy) is 5. The van der Waals surface area contributed by atoms with Crippen LogP contribution < -0.4 is 10.1 Å². The molecular weight excluding hydrogens is 674 g/mol. The van der Waals surface area contributed by atoms with Crippen molar-refractivity contribution in [2.75, 3.05) is 71.3 Å². The van der Waals surface area contributed by atoms with Gasteiger partial charge >= 0.3 is 5.97 Å². The third-order valence-corrected chi connectivity index (χ3v) is 8.75. The third-order valence-electron chi connectivity index (χ3n) is 8.75. The zero-order valence-electron chi connectivity index (χ0n) is 31.0. The summed E-state index contributed by atoms with van der Waals surface area (Å²) in [6, 6.07) is 5.43. The number of nitrogens with one attached hydrogen (secondary N) is 1. The minimum Gasteiger partial charge on any atom is -0.424 e. The first-order valence-electron chi connectivity index (χ1n) is 17.8. The Bertz CT molecular complexity index is 1430. The number of carbonyl (C=O) groups is 6. The highest BCUT2D eigenvalue weighted by molar-refractivity contribution is 6.13. The minimum atomic E-state index is -0.534. The maximum absolute atomic E-state index is 12.9. The van der Waals surface area contributed by atoms with Gasteiger partial charge in [0, 0.05) is 24.3 Å². The van der Waals surface area contributed by atoms with Gasteiger partial charge in [-0.1, -0.05) is 40.7 Å². The molecule has 0 bridgehead atoms. The molecule has 2 heterocycles. The molecule has 1 unspecified atom stereocenters. The van der Waals surface area contributed by atoms with E-state index in [-0.39, 0.29) is 119 Å². The molecule has 1 aromatic carbocycles. The van der Waals surface area contributed by atoms with Gasteiger partial charge in [0.1, 0.15) is 0 Å². The molecule has 0 radical (unpaired) electrons. The highest BCUT2D eigenvalue weighted by Crippen LogP contribution is 2.33. The van der Waals surface area contributed by atoms with Crippen molar-refractivity contribution in [3.8, 4) is 5.75 Å². The molecular formula is C38H53N3O11. The first-order valence-corrected chi connectivity index (χ1v) is 17.8. The molecule has 0 aliphatic carbocycles. The second-order valence-electron chi connectivity index (χ2n) is 13.9. The third kappa shape index (κ3) is 14.8. The Labute approximate surface area is 305 Å². The van der Waals surface area contributed by atoms with Crippen LogP contribution in [-0.4, -0.2) is 111 Å². The molecule has 0 aromatic heterocycles. The van der Waals surface area contributed by atoms with Crippen molar-refractivity contribution in [1.29, 1.82) is 0 Å². The quantitative estimate of drug-likeness (QED) is 0.0717. The first-order chi connectivity index (χ1) is 24.7. The molecule has 0 spiro atoms. The number of nitrogens with zero attached hydrogens (tertiary/aromatic N) is 2. The van der Waals surface area contributed by atoms with Gasteiger partial charge in [-0.25, -0.2) is 0 Å². The number of imide groups is 2. The van der Waals surface area contributed by atoms with Crippen molar-refractivity contribution in [3.05, 3.63) is 48.1 Å². The van der Waals surface area contributed by atoms with E-state index in [1.807, 2.05) is 12.1 Å². The summed E-state index contributed by atoms with van der Waals surface area (Å²) in [5, 5.41) is 2.87. The fourth-order valence-electron chi connectivity index (χ4n) is 5.30. The van der Waals surface area contributed by atoms with E-state index < -0.39 is 5.97 Å². The van der Waals surface area contributed by atoms with Gasteiger partial charge in [-0.05, 0) is 47.8 Å². The molecule has 2 atom stereocenters. The Hall–Kier alpha value is -4.24. The van der Waals surface area contributed by atoms with Crippen molar-refractivity contribution >= 4 is 41.2 Å². The number of rotatable bonds is 24. The van der Waals surface area contributed by atoms with E-state index in [1.165, 1.54) is 24.3 Å². The lowest BCUT2D eigenvalue weighted by Gasteiger charge is -2.29. The van der Waals surface area contributed by atoms with Gasteiger partial charge in [0.05, 0.1) is 84.5 Å². The van der Waals surface area contributed by atoms with Gasteiger partial charge in [-0.15, -0.1) is 0 Å². The van der Waals surface area contributed by atoms with Gasteiger partial charge < -0.3 is 29.0 Å². The van der Waals surface area contributed by atoms with E-state index in [4.69, 9.17) is 23.7 Å². The summed E-state index contributed by atoms with van der Waals surface area (Å²) in [5.74, 6) is -1.18. The lowest BCUT2D eigenvalue weighted by atomic mass is 9.76. The number of esters is 1. The Morgan fingerprint density at radius 3 is 1.67 bits per heavy atom. The zero-order valence-corrected chi connectivity index (χ0v) is 31.0. The van der Waals surface area contributed by atoms with Gasteiger partial charge in [0.2, 0.25) is 5.91 Å². The molecule has 5 amide bonds. The van der Waals surface area contributed by atoms with Crippen molar-refractivity contribution < 1.29 is 52.5 Å². The molecule has 1 aromatic rings. The fraction of sp³-hybridized carbons (Fsp3) is 0.579. The summed E-state index contributed by atoms with van der Waals surface area (Å²) in [5.41, 5.74) is 1.58. The van der Waals surface area contributed by atoms with Crippen molar-refractivity contribution in [2.45, 2.75) is 60.3 Å². The van der Waals surface area contributed by atoms with E-state index in [0.29, 0.717) is 17.5 Å². The molecule has 0 fully saturated rings. The topological polar surface area (TPSA) is 167 Å². The average molecular weight is 728 g/mol. The van der Waals surface area contributed by atoms with Crippen molar-refractivity contribution in [1.82, 2.24) is 9.80 Å². The number of hydrogen-bond acceptors (Lipinski definition) is 11. The molecule has 0 saturated carbocycles. The van der Waals surface area contributed by atoms with Crippen LogP contribution in [0.2, 0.25) is 0 Å². The van der Waals surface area contributed by atoms with E-state index >= 15 is 0 Å². The standard InChI is InChI=1S/C38H53N3O11/c1-27(24-28(2)38(3,4)5)25-29-6-7-31(52-37(47)13-17-49-21-23-51-19-15-41-35(45)10-11-36(41)46)30(26-29)39-32(42)12-16-48-20-22-50-18-14-40-33(43)8-9-34(40)44/h6-11,26-28H,12-25H2,1-5H3,(H,39,42)/t27-,28?/m1/s1. The van der Waals surface area contributed by atoms with Crippen LogP contribution in [0.1, 0.15) is 59.4 Å². The monoisotopic (exact) mass is 727 g/mol. The van der Waals surface area contributed by atoms with E-state index in [1.54, 1.807) is 6.07 Å². The van der Waals surface area contributed by atoms with Crippen LogP contribution in [0.4, 0.5) is 5.69 Å². The molecule has 3 rings (SSSR count). The largest absolute Gasteiger partial charge is 0.424 e. The highest BCUT2D eigenvalue weighted by Gasteiger charge is 2.24. The summed E-state index contributed by atoms with van der Waals surface area (Å²) in [4.78, 5) is 74.1. The molecule has 0 saturated heterocycles. The Kier molecular flexibility index (Phi) is 17.3. The first kappa shape index (κ1) is 42.2. The summed E-state index contributed by atoms with van der Waals surface area (Å²) >= 11 is 0. The van der Waals surface area contributed by atoms with Crippen molar-refractivity contribution in [2.24, 2.45) is 17.3 Å². The van der Waals surface area contributed by atoms with Gasteiger partial charge in [0.25, 0.3) is 23.6 Å². The number of amides is 5. The molecule has 52 heavy (non-hydrogen) atoms. The highest BCUT2D eigenvalue weighted by atomic mass is 16.5. The molecule has 14 heteroatoms. The number of carbonyl (C=O) groups excluding carboxylic acids is 6. The molecule has 14 nitrogen and oxygen atoms in total. The lowest BCUT2D eigenvalue weighted by molar-refractivity contribution is -0.139. The number of benzene rings is 1. The molecule has 1 N–H and O–H groups in total. The number of hydrogen-bond donors (Lipinski definition) is 1. The minimum absolute atomic E-state index is 0.0310. The maximum atomic E-state index is 12.9. The molecule has 286 valence electrons. The van der Waals surface area contributed by atoms with Gasteiger partial charge in [-0.2, -0.15) is 0 Å². The zero-order chi connectivity index (χ0) is 38.1. The summed E-state index contributed by atoms with van der Waals surface area (Å²) in [7, 11) is 0. The molecule has 2 aliphatic rings. The second-order valence-corrected chi connectivity index (χ2v) is 13.9. The van der Waals surface area contributed by atoms with Gasteiger partial charge in [-0.3, -0.25) is 38.6 Å². The van der Waals surface area contributed by atoms with Crippen LogP contribution >= 0.6 is 0 Å². The van der Waals surface area contributed by atoms with Crippen LogP contribution in [0.25, 0.3) is 0 Å². The predicted molar refractivity (Wildman–Crippen MR) is 191 cm³/mol. The second kappa shape index (κ2) is 21.3. The van der Waals surface area contributed by atoms with E-state index in [0.717, 1.165) is 28.2 Å². The van der Waals surface area contributed by atoms with Crippen LogP contribution in [0.3, 0.4) is 0 Å². The maximum Gasteiger partial charge on any atom is 0.313 e. The van der Waals surface area contributed by atoms with Crippen LogP contribution in [0.5, 0.6) is 5.75 Å². The normalized spacial score (nSPS) is 15.6. The average Bonchev–Trinajstić information content (AvgIpc) is 3.58. The predicted octanol–water partition coefficient (Wildman–Crippen LogP) is 3.48. The Balaban J connectivity index is 1.42. The summed E-state index contributed by atoms with van der Waals surface area (Å²) in [6.45, 7) is 12.9. The summed E-state index contributed by atoms with van der Waals surface area (Å²) < 4.78 is 27.5. The Morgan fingerprint density at radius 2 is 1.17 bits per heavy atom. The van der Waals surface area contributed by atoms with Gasteiger partial charge in [0.15, 0.2) is 5.75 Å². The fourth-order valence-corrected chi connectivity index (χ4v) is 5.30. The summed E-state index contributed by atoms with van der Waals surface area (Å²) in [6.07, 6.45) is 6.72. The van der Waals surface area contributed by atoms with E-state index in [2.05, 4.69) is 39.9 Å². The molecule has 2 aliphatic heterocycles. The number of anilines is 1. The smallest absolute Gasteiger partial charge is 0.313 e. The lowest BCUT2D eigenvalue weighted by Crippen LogP contribution is -2.33. The van der Waals surface area contributed by atoms with E-state index in [9.17, 15) is 28.8 Å². The SMILES string of the molecule is CC(C[C@@H](C)Cc1ccc(OC(=O)CCOCCOCCN2C(=O)C=CC2=O)c(NC(=O)CCOCCOCCN2C(=O)C=CC2=O)c1)C(C)(C)C.